The van der Waals surface area contributed by atoms with E-state index < -0.39 is 0 Å². The minimum atomic E-state index is -0.0536. The standard InChI is InChI=1S/C22H23N5O/c1-17-7-9-18(10-8-17)24-22-23-12-11-20(25-22)21(28)27-15-13-26(14-16-27)19-5-3-2-4-6-19/h2-12H,13-16H2,1H3,(H,23,24,25). The first-order valence-corrected chi connectivity index (χ1v) is 9.45. The van der Waals surface area contributed by atoms with Gasteiger partial charge in [0.2, 0.25) is 5.95 Å². The predicted octanol–water partition coefficient (Wildman–Crippen LogP) is 3.49. The van der Waals surface area contributed by atoms with Crippen molar-refractivity contribution in [3.05, 3.63) is 78.1 Å². The Balaban J connectivity index is 1.40. The van der Waals surface area contributed by atoms with Crippen LogP contribution in [0.15, 0.2) is 66.9 Å². The Labute approximate surface area is 164 Å². The van der Waals surface area contributed by atoms with Crippen molar-refractivity contribution in [3.63, 3.8) is 0 Å². The van der Waals surface area contributed by atoms with Gasteiger partial charge in [-0.1, -0.05) is 35.9 Å². The summed E-state index contributed by atoms with van der Waals surface area (Å²) in [7, 11) is 0. The van der Waals surface area contributed by atoms with E-state index in [1.54, 1.807) is 12.3 Å². The lowest BCUT2D eigenvalue weighted by molar-refractivity contribution is 0.0741. The van der Waals surface area contributed by atoms with Gasteiger partial charge in [-0.25, -0.2) is 9.97 Å². The highest BCUT2D eigenvalue weighted by Crippen LogP contribution is 2.17. The Bertz CT molecular complexity index is 935. The average Bonchev–Trinajstić information content (AvgIpc) is 2.76. The maximum atomic E-state index is 12.9. The summed E-state index contributed by atoms with van der Waals surface area (Å²) in [6.07, 6.45) is 1.62. The lowest BCUT2D eigenvalue weighted by Gasteiger charge is -2.36. The van der Waals surface area contributed by atoms with Crippen molar-refractivity contribution in [3.8, 4) is 0 Å². The Morgan fingerprint density at radius 2 is 1.64 bits per heavy atom. The molecule has 0 saturated carbocycles. The van der Waals surface area contributed by atoms with Crippen LogP contribution in [0.3, 0.4) is 0 Å². The summed E-state index contributed by atoms with van der Waals surface area (Å²) in [5.41, 5.74) is 3.69. The van der Waals surface area contributed by atoms with E-state index in [1.165, 1.54) is 11.3 Å². The number of anilines is 3. The molecule has 1 aromatic heterocycles. The highest BCUT2D eigenvalue weighted by molar-refractivity contribution is 5.92. The van der Waals surface area contributed by atoms with Crippen molar-refractivity contribution in [2.75, 3.05) is 36.4 Å². The van der Waals surface area contributed by atoms with Crippen molar-refractivity contribution >= 4 is 23.2 Å². The fourth-order valence-corrected chi connectivity index (χ4v) is 3.27. The number of hydrogen-bond acceptors (Lipinski definition) is 5. The molecule has 6 heteroatoms. The van der Waals surface area contributed by atoms with Crippen molar-refractivity contribution < 1.29 is 4.79 Å². The van der Waals surface area contributed by atoms with Gasteiger partial charge in [0.1, 0.15) is 5.69 Å². The van der Waals surface area contributed by atoms with E-state index in [4.69, 9.17) is 0 Å². The van der Waals surface area contributed by atoms with Gasteiger partial charge in [0.15, 0.2) is 0 Å². The number of carbonyl (C=O) groups excluding carboxylic acids is 1. The molecule has 1 fully saturated rings. The summed E-state index contributed by atoms with van der Waals surface area (Å²) in [4.78, 5) is 25.7. The summed E-state index contributed by atoms with van der Waals surface area (Å²) in [5.74, 6) is 0.375. The number of nitrogens with one attached hydrogen (secondary N) is 1. The quantitative estimate of drug-likeness (QED) is 0.759. The van der Waals surface area contributed by atoms with Crippen LogP contribution in [-0.2, 0) is 0 Å². The molecule has 1 aliphatic rings. The largest absolute Gasteiger partial charge is 0.368 e. The number of para-hydroxylation sites is 1. The van der Waals surface area contributed by atoms with Crippen LogP contribution in [0.2, 0.25) is 0 Å². The zero-order valence-corrected chi connectivity index (χ0v) is 15.9. The molecule has 0 bridgehead atoms. The van der Waals surface area contributed by atoms with Gasteiger partial charge >= 0.3 is 0 Å². The summed E-state index contributed by atoms with van der Waals surface area (Å²) in [6, 6.07) is 19.9. The Kier molecular flexibility index (Phi) is 5.19. The normalized spacial score (nSPS) is 14.0. The Hall–Kier alpha value is -3.41. The third kappa shape index (κ3) is 4.11. The Morgan fingerprint density at radius 1 is 0.929 bits per heavy atom. The minimum absolute atomic E-state index is 0.0536. The fourth-order valence-electron chi connectivity index (χ4n) is 3.27. The molecule has 0 spiro atoms. The van der Waals surface area contributed by atoms with Gasteiger partial charge in [-0.05, 0) is 37.3 Å². The molecule has 6 nitrogen and oxygen atoms in total. The summed E-state index contributed by atoms with van der Waals surface area (Å²) < 4.78 is 0. The number of aromatic nitrogens is 2. The van der Waals surface area contributed by atoms with Gasteiger partial charge in [-0.3, -0.25) is 4.79 Å². The third-order valence-corrected chi connectivity index (χ3v) is 4.87. The second-order valence-electron chi connectivity index (χ2n) is 6.87. The van der Waals surface area contributed by atoms with Crippen LogP contribution in [0.1, 0.15) is 16.1 Å². The van der Waals surface area contributed by atoms with Gasteiger partial charge in [0.05, 0.1) is 0 Å². The second-order valence-corrected chi connectivity index (χ2v) is 6.87. The highest BCUT2D eigenvalue weighted by Gasteiger charge is 2.23. The van der Waals surface area contributed by atoms with Crippen LogP contribution in [0, 0.1) is 6.92 Å². The van der Waals surface area contributed by atoms with E-state index in [0.29, 0.717) is 24.7 Å². The number of piperazine rings is 1. The SMILES string of the molecule is Cc1ccc(Nc2nccc(C(=O)N3CCN(c4ccccc4)CC3)n2)cc1. The third-order valence-electron chi connectivity index (χ3n) is 4.87. The number of nitrogens with zero attached hydrogens (tertiary/aromatic N) is 4. The molecule has 142 valence electrons. The van der Waals surface area contributed by atoms with E-state index in [9.17, 15) is 4.79 Å². The van der Waals surface area contributed by atoms with E-state index in [0.717, 1.165) is 18.8 Å². The smallest absolute Gasteiger partial charge is 0.272 e. The fraction of sp³-hybridized carbons (Fsp3) is 0.227. The van der Waals surface area contributed by atoms with E-state index in [1.807, 2.05) is 54.3 Å². The molecule has 0 unspecified atom stereocenters. The van der Waals surface area contributed by atoms with Crippen LogP contribution in [-0.4, -0.2) is 47.0 Å². The second kappa shape index (κ2) is 8.08. The lowest BCUT2D eigenvalue weighted by Crippen LogP contribution is -2.49. The first kappa shape index (κ1) is 18.0. The van der Waals surface area contributed by atoms with E-state index in [-0.39, 0.29) is 5.91 Å². The molecule has 0 atom stereocenters. The molecule has 1 N–H and O–H groups in total. The van der Waals surface area contributed by atoms with Crippen LogP contribution in [0.5, 0.6) is 0 Å². The first-order valence-electron chi connectivity index (χ1n) is 9.45. The minimum Gasteiger partial charge on any atom is -0.368 e. The van der Waals surface area contributed by atoms with Gasteiger partial charge in [-0.2, -0.15) is 0 Å². The molecule has 1 aliphatic heterocycles. The van der Waals surface area contributed by atoms with Gasteiger partial charge < -0.3 is 15.1 Å². The van der Waals surface area contributed by atoms with Gasteiger partial charge in [-0.15, -0.1) is 0 Å². The topological polar surface area (TPSA) is 61.4 Å². The highest BCUT2D eigenvalue weighted by atomic mass is 16.2. The lowest BCUT2D eigenvalue weighted by atomic mass is 10.2. The van der Waals surface area contributed by atoms with Crippen LogP contribution in [0.25, 0.3) is 0 Å². The zero-order valence-electron chi connectivity index (χ0n) is 15.9. The summed E-state index contributed by atoms with van der Waals surface area (Å²) in [5, 5.41) is 3.16. The predicted molar refractivity (Wildman–Crippen MR) is 111 cm³/mol. The molecule has 2 heterocycles. The van der Waals surface area contributed by atoms with Gasteiger partial charge in [0.25, 0.3) is 5.91 Å². The maximum absolute atomic E-state index is 12.9. The number of hydrogen-bond donors (Lipinski definition) is 1. The van der Waals surface area contributed by atoms with Crippen LogP contribution >= 0.6 is 0 Å². The molecule has 28 heavy (non-hydrogen) atoms. The van der Waals surface area contributed by atoms with Gasteiger partial charge in [0, 0.05) is 43.8 Å². The Morgan fingerprint density at radius 3 is 2.36 bits per heavy atom. The number of aryl methyl sites for hydroxylation is 1. The van der Waals surface area contributed by atoms with Crippen LogP contribution < -0.4 is 10.2 Å². The molecule has 1 saturated heterocycles. The van der Waals surface area contributed by atoms with Crippen molar-refractivity contribution in [1.82, 2.24) is 14.9 Å². The summed E-state index contributed by atoms with van der Waals surface area (Å²) in [6.45, 7) is 5.03. The van der Waals surface area contributed by atoms with Crippen molar-refractivity contribution in [1.29, 1.82) is 0 Å². The summed E-state index contributed by atoms with van der Waals surface area (Å²) >= 11 is 0. The monoisotopic (exact) mass is 373 g/mol. The number of amides is 1. The number of benzene rings is 2. The maximum Gasteiger partial charge on any atom is 0.272 e. The van der Waals surface area contributed by atoms with Crippen molar-refractivity contribution in [2.45, 2.75) is 6.92 Å². The van der Waals surface area contributed by atoms with Crippen LogP contribution in [0.4, 0.5) is 17.3 Å². The average molecular weight is 373 g/mol. The number of carbonyl (C=O) groups is 1. The molecular formula is C22H23N5O. The molecule has 1 amide bonds. The molecule has 0 aliphatic carbocycles. The molecular weight excluding hydrogens is 350 g/mol. The van der Waals surface area contributed by atoms with Crippen molar-refractivity contribution in [2.24, 2.45) is 0 Å². The van der Waals surface area contributed by atoms with E-state index in [2.05, 4.69) is 32.3 Å². The number of rotatable bonds is 4. The molecule has 0 radical (unpaired) electrons. The molecule has 2 aromatic carbocycles. The zero-order chi connectivity index (χ0) is 19.3. The van der Waals surface area contributed by atoms with E-state index >= 15 is 0 Å². The first-order chi connectivity index (χ1) is 13.7. The molecule has 3 aromatic rings. The molecule has 4 rings (SSSR count).